The molecule has 1 atom stereocenters. The largest absolute Gasteiger partial charge is 0.489 e. The van der Waals surface area contributed by atoms with Gasteiger partial charge in [0.15, 0.2) is 0 Å². The Morgan fingerprint density at radius 2 is 2.00 bits per heavy atom. The molecule has 0 saturated heterocycles. The van der Waals surface area contributed by atoms with E-state index in [1.54, 1.807) is 12.1 Å². The molecular weight excluding hydrogens is 292 g/mol. The number of hydrogen-bond acceptors (Lipinski definition) is 4. The summed E-state index contributed by atoms with van der Waals surface area (Å²) in [7, 11) is 1.51. The number of carbonyl (C=O) groups is 1. The van der Waals surface area contributed by atoms with Gasteiger partial charge in [0, 0.05) is 18.9 Å². The second-order valence-corrected chi connectivity index (χ2v) is 5.29. The highest BCUT2D eigenvalue weighted by Gasteiger charge is 2.13. The summed E-state index contributed by atoms with van der Waals surface area (Å²) in [5.41, 5.74) is 8.65. The molecule has 3 N–H and O–H groups in total. The first-order valence-electron chi connectivity index (χ1n) is 7.43. The van der Waals surface area contributed by atoms with Gasteiger partial charge in [-0.05, 0) is 30.2 Å². The molecule has 1 unspecified atom stereocenters. The highest BCUT2D eigenvalue weighted by atomic mass is 16.5. The van der Waals surface area contributed by atoms with Gasteiger partial charge in [0.25, 0.3) is 0 Å². The van der Waals surface area contributed by atoms with Gasteiger partial charge in [0.1, 0.15) is 18.4 Å². The Morgan fingerprint density at radius 1 is 1.22 bits per heavy atom. The average Bonchev–Trinajstić information content (AvgIpc) is 2.54. The van der Waals surface area contributed by atoms with E-state index in [1.165, 1.54) is 12.7 Å². The summed E-state index contributed by atoms with van der Waals surface area (Å²) in [6.07, 6.45) is 0. The Hall–Kier alpha value is -2.37. The molecule has 5 heteroatoms. The lowest BCUT2D eigenvalue weighted by Gasteiger charge is -2.13. The Balaban J connectivity index is 1.97. The van der Waals surface area contributed by atoms with Gasteiger partial charge in [-0.1, -0.05) is 30.3 Å². The lowest BCUT2D eigenvalue weighted by molar-refractivity contribution is -0.118. The summed E-state index contributed by atoms with van der Waals surface area (Å²) >= 11 is 0. The van der Waals surface area contributed by atoms with Crippen LogP contribution in [0, 0.1) is 6.92 Å². The summed E-state index contributed by atoms with van der Waals surface area (Å²) in [5.74, 6) is 0.397. The molecule has 23 heavy (non-hydrogen) atoms. The van der Waals surface area contributed by atoms with Crippen molar-refractivity contribution in [1.82, 2.24) is 0 Å². The predicted molar refractivity (Wildman–Crippen MR) is 90.4 cm³/mol. The number of hydrogen-bond donors (Lipinski definition) is 2. The summed E-state index contributed by atoms with van der Waals surface area (Å²) in [6.45, 7) is 2.70. The zero-order valence-electron chi connectivity index (χ0n) is 13.4. The van der Waals surface area contributed by atoms with Crippen LogP contribution in [0.4, 0.5) is 5.69 Å². The molecule has 0 spiro atoms. The van der Waals surface area contributed by atoms with E-state index in [4.69, 9.17) is 15.2 Å². The molecule has 0 heterocycles. The second-order valence-electron chi connectivity index (χ2n) is 5.29. The van der Waals surface area contributed by atoms with Crippen LogP contribution in [0.2, 0.25) is 0 Å². The molecule has 0 radical (unpaired) electrons. The summed E-state index contributed by atoms with van der Waals surface area (Å²) < 4.78 is 10.7. The number of nitrogens with two attached hydrogens (primary N) is 1. The van der Waals surface area contributed by atoms with E-state index in [1.807, 2.05) is 43.3 Å². The van der Waals surface area contributed by atoms with Crippen molar-refractivity contribution < 1.29 is 14.3 Å². The lowest BCUT2D eigenvalue weighted by Crippen LogP contribution is -2.39. The highest BCUT2D eigenvalue weighted by Crippen LogP contribution is 2.19. The summed E-state index contributed by atoms with van der Waals surface area (Å²) in [6, 6.07) is 14.6. The zero-order valence-corrected chi connectivity index (χ0v) is 13.4. The van der Waals surface area contributed by atoms with E-state index in [-0.39, 0.29) is 12.5 Å². The van der Waals surface area contributed by atoms with Crippen molar-refractivity contribution in [2.24, 2.45) is 5.73 Å². The first kappa shape index (κ1) is 17.0. The number of rotatable bonds is 7. The van der Waals surface area contributed by atoms with Crippen molar-refractivity contribution >= 4 is 11.6 Å². The van der Waals surface area contributed by atoms with Crippen LogP contribution in [0.15, 0.2) is 48.5 Å². The molecule has 0 aliphatic carbocycles. The van der Waals surface area contributed by atoms with Crippen LogP contribution in [0.5, 0.6) is 5.75 Å². The fourth-order valence-electron chi connectivity index (χ4n) is 2.09. The van der Waals surface area contributed by atoms with Crippen molar-refractivity contribution in [1.29, 1.82) is 0 Å². The van der Waals surface area contributed by atoms with Gasteiger partial charge in [-0.2, -0.15) is 0 Å². The van der Waals surface area contributed by atoms with Crippen molar-refractivity contribution in [3.05, 3.63) is 59.7 Å². The molecular formula is C18H22N2O3. The molecule has 0 bridgehead atoms. The quantitative estimate of drug-likeness (QED) is 0.823. The molecule has 5 nitrogen and oxygen atoms in total. The first-order chi connectivity index (χ1) is 11.1. The summed E-state index contributed by atoms with van der Waals surface area (Å²) in [5, 5.41) is 2.75. The van der Waals surface area contributed by atoms with Crippen molar-refractivity contribution in [3.63, 3.8) is 0 Å². The van der Waals surface area contributed by atoms with Crippen LogP contribution >= 0.6 is 0 Å². The molecule has 0 aromatic heterocycles. The van der Waals surface area contributed by atoms with E-state index < -0.39 is 6.04 Å². The summed E-state index contributed by atoms with van der Waals surface area (Å²) in [4.78, 5) is 11.9. The molecule has 1 amide bonds. The molecule has 0 fully saturated rings. The molecule has 2 aromatic rings. The predicted octanol–water partition coefficient (Wildman–Crippen LogP) is 2.49. The van der Waals surface area contributed by atoms with Gasteiger partial charge in [-0.15, -0.1) is 0 Å². The fraction of sp³-hybridized carbons (Fsp3) is 0.278. The van der Waals surface area contributed by atoms with E-state index >= 15 is 0 Å². The topological polar surface area (TPSA) is 73.6 Å². The van der Waals surface area contributed by atoms with Gasteiger partial charge in [0.2, 0.25) is 5.91 Å². The van der Waals surface area contributed by atoms with E-state index in [9.17, 15) is 4.79 Å². The van der Waals surface area contributed by atoms with E-state index in [2.05, 4.69) is 5.32 Å². The number of methoxy groups -OCH3 is 1. The first-order valence-corrected chi connectivity index (χ1v) is 7.43. The Morgan fingerprint density at radius 3 is 2.74 bits per heavy atom. The van der Waals surface area contributed by atoms with Crippen LogP contribution in [0.3, 0.4) is 0 Å². The minimum absolute atomic E-state index is 0.176. The maximum absolute atomic E-state index is 11.9. The molecule has 2 aromatic carbocycles. The van der Waals surface area contributed by atoms with Crippen molar-refractivity contribution in [2.45, 2.75) is 19.6 Å². The van der Waals surface area contributed by atoms with Crippen LogP contribution in [-0.4, -0.2) is 25.7 Å². The Kier molecular flexibility index (Phi) is 6.14. The molecule has 0 saturated carbocycles. The second kappa shape index (κ2) is 8.31. The third-order valence-electron chi connectivity index (χ3n) is 3.44. The van der Waals surface area contributed by atoms with Crippen molar-refractivity contribution in [2.75, 3.05) is 19.0 Å². The maximum Gasteiger partial charge on any atom is 0.243 e. The van der Waals surface area contributed by atoms with Gasteiger partial charge in [-0.3, -0.25) is 4.79 Å². The molecule has 0 aliphatic heterocycles. The van der Waals surface area contributed by atoms with Crippen LogP contribution in [-0.2, 0) is 16.1 Å². The Bertz CT molecular complexity index is 658. The van der Waals surface area contributed by atoms with Crippen LogP contribution < -0.4 is 15.8 Å². The number of aryl methyl sites for hydroxylation is 1. The van der Waals surface area contributed by atoms with Gasteiger partial charge < -0.3 is 20.5 Å². The van der Waals surface area contributed by atoms with E-state index in [0.29, 0.717) is 18.0 Å². The molecule has 2 rings (SSSR count). The number of nitrogens with one attached hydrogen (secondary N) is 1. The fourth-order valence-corrected chi connectivity index (χ4v) is 2.09. The SMILES string of the molecule is COCC(N)C(=O)Nc1cccc(OCc2ccccc2C)c1. The minimum atomic E-state index is -0.698. The minimum Gasteiger partial charge on any atom is -0.489 e. The standard InChI is InChI=1S/C18H22N2O3/c1-13-6-3-4-7-14(13)11-23-16-9-5-8-15(10-16)20-18(21)17(19)12-22-2/h3-10,17H,11-12,19H2,1-2H3,(H,20,21). The molecule has 122 valence electrons. The van der Waals surface area contributed by atoms with E-state index in [0.717, 1.165) is 5.56 Å². The highest BCUT2D eigenvalue weighted by molar-refractivity contribution is 5.94. The number of carbonyl (C=O) groups excluding carboxylic acids is 1. The lowest BCUT2D eigenvalue weighted by atomic mass is 10.1. The number of amides is 1. The molecule has 0 aliphatic rings. The number of ether oxygens (including phenoxy) is 2. The van der Waals surface area contributed by atoms with Gasteiger partial charge in [0.05, 0.1) is 6.61 Å². The zero-order chi connectivity index (χ0) is 16.7. The smallest absolute Gasteiger partial charge is 0.243 e. The normalized spacial score (nSPS) is 11.8. The van der Waals surface area contributed by atoms with Gasteiger partial charge in [-0.25, -0.2) is 0 Å². The monoisotopic (exact) mass is 314 g/mol. The number of benzene rings is 2. The number of anilines is 1. The maximum atomic E-state index is 11.9. The third-order valence-corrected chi connectivity index (χ3v) is 3.44. The average molecular weight is 314 g/mol. The Labute approximate surface area is 136 Å². The van der Waals surface area contributed by atoms with Gasteiger partial charge >= 0.3 is 0 Å². The van der Waals surface area contributed by atoms with Crippen LogP contribution in [0.25, 0.3) is 0 Å². The van der Waals surface area contributed by atoms with Crippen LogP contribution in [0.1, 0.15) is 11.1 Å². The third kappa shape index (κ3) is 5.09. The van der Waals surface area contributed by atoms with Crippen molar-refractivity contribution in [3.8, 4) is 5.75 Å².